The molecule has 4 aromatic rings. The minimum Gasteiger partial charge on any atom is -0.493 e. The van der Waals surface area contributed by atoms with E-state index in [4.69, 9.17) is 19.4 Å². The number of hydrogen-bond acceptors (Lipinski definition) is 7. The Morgan fingerprint density at radius 1 is 0.925 bits per heavy atom. The van der Waals surface area contributed by atoms with Crippen LogP contribution in [0, 0.1) is 5.92 Å². The Labute approximate surface area is 235 Å². The number of nitrogens with one attached hydrogen (secondary N) is 2. The van der Waals surface area contributed by atoms with Crippen LogP contribution in [0.1, 0.15) is 41.6 Å². The summed E-state index contributed by atoms with van der Waals surface area (Å²) < 4.78 is 11.4. The number of fused-ring (bicyclic) bond motifs is 1. The molecule has 1 heterocycles. The van der Waals surface area contributed by atoms with Gasteiger partial charge >= 0.3 is 0 Å². The summed E-state index contributed by atoms with van der Waals surface area (Å²) in [5, 5.41) is 7.73. The van der Waals surface area contributed by atoms with Gasteiger partial charge in [-0.1, -0.05) is 42.5 Å². The molecule has 1 aliphatic carbocycles. The second-order valence-corrected chi connectivity index (χ2v) is 10.5. The Kier molecular flexibility index (Phi) is 8.64. The molecule has 1 fully saturated rings. The Bertz CT molecular complexity index is 1440. The smallest absolute Gasteiger partial charge is 0.251 e. The van der Waals surface area contributed by atoms with E-state index in [0.29, 0.717) is 35.5 Å². The molecular weight excluding hydrogens is 502 g/mol. The highest BCUT2D eigenvalue weighted by Gasteiger charge is 2.24. The lowest BCUT2D eigenvalue weighted by Crippen LogP contribution is -2.38. The van der Waals surface area contributed by atoms with Crippen LogP contribution in [0.2, 0.25) is 0 Å². The molecule has 0 saturated heterocycles. The van der Waals surface area contributed by atoms with E-state index in [-0.39, 0.29) is 11.9 Å². The number of benzene rings is 3. The second-order valence-electron chi connectivity index (χ2n) is 10.5. The highest BCUT2D eigenvalue weighted by atomic mass is 16.5. The molecule has 0 radical (unpaired) electrons. The first-order valence-corrected chi connectivity index (χ1v) is 13.8. The van der Waals surface area contributed by atoms with Crippen molar-refractivity contribution in [1.29, 1.82) is 0 Å². The van der Waals surface area contributed by atoms with E-state index >= 15 is 0 Å². The third-order valence-electron chi connectivity index (χ3n) is 7.40. The van der Waals surface area contributed by atoms with Gasteiger partial charge < -0.3 is 25.0 Å². The molecule has 8 nitrogen and oxygen atoms in total. The van der Waals surface area contributed by atoms with Crippen molar-refractivity contribution in [3.63, 3.8) is 0 Å². The van der Waals surface area contributed by atoms with Crippen molar-refractivity contribution in [1.82, 2.24) is 15.3 Å². The molecule has 208 valence electrons. The van der Waals surface area contributed by atoms with E-state index in [2.05, 4.69) is 16.7 Å². The summed E-state index contributed by atoms with van der Waals surface area (Å²) in [4.78, 5) is 24.6. The van der Waals surface area contributed by atoms with Gasteiger partial charge in [0.2, 0.25) is 5.95 Å². The third kappa shape index (κ3) is 6.62. The lowest BCUT2D eigenvalue weighted by molar-refractivity contribution is 0.0922. The predicted molar refractivity (Wildman–Crippen MR) is 159 cm³/mol. The number of hydrogen-bond donors (Lipinski definition) is 2. The Morgan fingerprint density at radius 3 is 2.42 bits per heavy atom. The number of amides is 1. The maximum absolute atomic E-state index is 13.1. The van der Waals surface area contributed by atoms with Crippen LogP contribution in [-0.4, -0.2) is 49.7 Å². The molecule has 0 spiro atoms. The van der Waals surface area contributed by atoms with Crippen molar-refractivity contribution in [3.05, 3.63) is 83.9 Å². The fraction of sp³-hybridized carbons (Fsp3) is 0.344. The number of methoxy groups -OCH3 is 1. The monoisotopic (exact) mass is 539 g/mol. The quantitative estimate of drug-likeness (QED) is 0.268. The predicted octanol–water partition coefficient (Wildman–Crippen LogP) is 5.68. The molecule has 1 saturated carbocycles. The number of ether oxygens (including phenoxy) is 2. The summed E-state index contributed by atoms with van der Waals surface area (Å²) >= 11 is 0. The summed E-state index contributed by atoms with van der Waals surface area (Å²) in [6, 6.07) is 23.5. The number of carbonyl (C=O) groups excluding carboxylic acids is 1. The molecule has 8 heteroatoms. The van der Waals surface area contributed by atoms with Gasteiger partial charge in [0.05, 0.1) is 12.6 Å². The van der Waals surface area contributed by atoms with E-state index in [0.717, 1.165) is 54.5 Å². The summed E-state index contributed by atoms with van der Waals surface area (Å²) in [5.74, 6) is 3.14. The number of rotatable bonds is 10. The van der Waals surface area contributed by atoms with Gasteiger partial charge in [-0.3, -0.25) is 4.79 Å². The summed E-state index contributed by atoms with van der Waals surface area (Å²) in [5.41, 5.74) is 2.55. The SMILES string of the molecule is COc1ccc(C(=O)NC2CCC(CNc3nc(N(C)C)c4ccccc4n3)CC2)cc1OCc1ccccc1. The average molecular weight is 540 g/mol. The van der Waals surface area contributed by atoms with Crippen molar-refractivity contribution in [2.24, 2.45) is 5.92 Å². The molecule has 1 aliphatic rings. The van der Waals surface area contributed by atoms with Crippen LogP contribution < -0.4 is 25.0 Å². The Hall–Kier alpha value is -4.33. The maximum Gasteiger partial charge on any atom is 0.251 e. The lowest BCUT2D eigenvalue weighted by Gasteiger charge is -2.29. The van der Waals surface area contributed by atoms with Gasteiger partial charge in [-0.25, -0.2) is 4.98 Å². The number of anilines is 2. The van der Waals surface area contributed by atoms with Crippen LogP contribution in [-0.2, 0) is 6.61 Å². The fourth-order valence-corrected chi connectivity index (χ4v) is 5.16. The zero-order valence-corrected chi connectivity index (χ0v) is 23.4. The third-order valence-corrected chi connectivity index (χ3v) is 7.40. The number of aromatic nitrogens is 2. The molecule has 5 rings (SSSR count). The molecule has 0 bridgehead atoms. The minimum absolute atomic E-state index is 0.0884. The van der Waals surface area contributed by atoms with Crippen LogP contribution in [0.25, 0.3) is 10.9 Å². The molecule has 0 atom stereocenters. The molecule has 3 aromatic carbocycles. The lowest BCUT2D eigenvalue weighted by atomic mass is 9.86. The van der Waals surface area contributed by atoms with E-state index in [9.17, 15) is 4.79 Å². The topological polar surface area (TPSA) is 88.6 Å². The minimum atomic E-state index is -0.0884. The first kappa shape index (κ1) is 27.2. The normalized spacial score (nSPS) is 16.8. The highest BCUT2D eigenvalue weighted by molar-refractivity contribution is 5.95. The van der Waals surface area contributed by atoms with Crippen LogP contribution in [0.4, 0.5) is 11.8 Å². The zero-order chi connectivity index (χ0) is 27.9. The molecule has 40 heavy (non-hydrogen) atoms. The van der Waals surface area contributed by atoms with Crippen LogP contribution in [0.5, 0.6) is 11.5 Å². The van der Waals surface area contributed by atoms with E-state index in [1.807, 2.05) is 67.5 Å². The number of para-hydroxylation sites is 1. The molecule has 1 aromatic heterocycles. The Morgan fingerprint density at radius 2 is 1.68 bits per heavy atom. The molecular formula is C32H37N5O3. The first-order chi connectivity index (χ1) is 19.5. The van der Waals surface area contributed by atoms with Crippen molar-refractivity contribution >= 4 is 28.6 Å². The van der Waals surface area contributed by atoms with Crippen LogP contribution in [0.3, 0.4) is 0 Å². The van der Waals surface area contributed by atoms with Crippen LogP contribution in [0.15, 0.2) is 72.8 Å². The Balaban J connectivity index is 1.13. The van der Waals surface area contributed by atoms with Gasteiger partial charge in [0, 0.05) is 37.6 Å². The highest BCUT2D eigenvalue weighted by Crippen LogP contribution is 2.30. The largest absolute Gasteiger partial charge is 0.493 e. The molecule has 2 N–H and O–H groups in total. The van der Waals surface area contributed by atoms with E-state index in [1.54, 1.807) is 25.3 Å². The first-order valence-electron chi connectivity index (χ1n) is 13.8. The summed E-state index contributed by atoms with van der Waals surface area (Å²) in [7, 11) is 5.60. The average Bonchev–Trinajstić information content (AvgIpc) is 2.99. The fourth-order valence-electron chi connectivity index (χ4n) is 5.16. The van der Waals surface area contributed by atoms with Gasteiger partial charge in [0.25, 0.3) is 5.91 Å². The van der Waals surface area contributed by atoms with Gasteiger partial charge in [-0.15, -0.1) is 0 Å². The van der Waals surface area contributed by atoms with E-state index in [1.165, 1.54) is 0 Å². The van der Waals surface area contributed by atoms with Crippen molar-refractivity contribution in [2.45, 2.75) is 38.3 Å². The number of carbonyl (C=O) groups is 1. The maximum atomic E-state index is 13.1. The molecule has 0 unspecified atom stereocenters. The van der Waals surface area contributed by atoms with Crippen molar-refractivity contribution in [2.75, 3.05) is 38.0 Å². The van der Waals surface area contributed by atoms with E-state index < -0.39 is 0 Å². The van der Waals surface area contributed by atoms with Gasteiger partial charge in [-0.2, -0.15) is 4.98 Å². The van der Waals surface area contributed by atoms with Gasteiger partial charge in [0.1, 0.15) is 12.4 Å². The van der Waals surface area contributed by atoms with Crippen molar-refractivity contribution < 1.29 is 14.3 Å². The zero-order valence-electron chi connectivity index (χ0n) is 23.4. The second kappa shape index (κ2) is 12.7. The standard InChI is InChI=1S/C32H37N5O3/c1-37(2)30-26-11-7-8-12-27(26)35-32(36-30)33-20-22-13-16-25(17-14-22)34-31(38)24-15-18-28(39-3)29(19-24)40-21-23-9-5-4-6-10-23/h4-12,15,18-19,22,25H,13-14,16-17,20-21H2,1-3H3,(H,34,38)(H,33,35,36). The van der Waals surface area contributed by atoms with Crippen molar-refractivity contribution in [3.8, 4) is 11.5 Å². The number of nitrogens with zero attached hydrogens (tertiary/aromatic N) is 3. The summed E-state index contributed by atoms with van der Waals surface area (Å²) in [6.45, 7) is 1.22. The summed E-state index contributed by atoms with van der Waals surface area (Å²) in [6.07, 6.45) is 3.93. The molecule has 0 aliphatic heterocycles. The van der Waals surface area contributed by atoms with Crippen LogP contribution >= 0.6 is 0 Å². The molecule has 1 amide bonds. The van der Waals surface area contributed by atoms with Gasteiger partial charge in [-0.05, 0) is 67.5 Å². The van der Waals surface area contributed by atoms with Gasteiger partial charge in [0.15, 0.2) is 11.5 Å².